The molecule has 0 spiro atoms. The second kappa shape index (κ2) is 8.50. The quantitative estimate of drug-likeness (QED) is 0.578. The third-order valence-electron chi connectivity index (χ3n) is 6.04. The number of rotatable bonds is 4. The number of aromatic nitrogens is 1. The zero-order valence-electron chi connectivity index (χ0n) is 18.2. The average Bonchev–Trinajstić information content (AvgIpc) is 3.10. The van der Waals surface area contributed by atoms with Gasteiger partial charge in [0.15, 0.2) is 0 Å². The van der Waals surface area contributed by atoms with Crippen LogP contribution in [0.3, 0.4) is 0 Å². The van der Waals surface area contributed by atoms with Crippen LogP contribution in [0.15, 0.2) is 78.6 Å². The molecular formula is C26H23FN4O2. The van der Waals surface area contributed by atoms with Gasteiger partial charge >= 0.3 is 0 Å². The molecule has 33 heavy (non-hydrogen) atoms. The minimum atomic E-state index is -0.498. The summed E-state index contributed by atoms with van der Waals surface area (Å²) in [7, 11) is 0. The van der Waals surface area contributed by atoms with E-state index in [0.29, 0.717) is 43.0 Å². The van der Waals surface area contributed by atoms with Gasteiger partial charge in [0, 0.05) is 32.4 Å². The predicted octanol–water partition coefficient (Wildman–Crippen LogP) is 3.64. The van der Waals surface area contributed by atoms with Gasteiger partial charge < -0.3 is 9.80 Å². The minimum absolute atomic E-state index is 0.233. The number of anilines is 2. The van der Waals surface area contributed by atoms with Crippen LogP contribution in [-0.2, 0) is 9.59 Å². The molecule has 3 heterocycles. The van der Waals surface area contributed by atoms with Gasteiger partial charge in [-0.05, 0) is 42.8 Å². The number of amides is 2. The number of hydrogen-bond donors (Lipinski definition) is 0. The van der Waals surface area contributed by atoms with Gasteiger partial charge in [-0.3, -0.25) is 9.59 Å². The molecular weight excluding hydrogens is 419 g/mol. The first kappa shape index (κ1) is 20.9. The van der Waals surface area contributed by atoms with Crippen LogP contribution in [0.25, 0.3) is 5.57 Å². The van der Waals surface area contributed by atoms with Crippen LogP contribution in [-0.4, -0.2) is 47.9 Å². The summed E-state index contributed by atoms with van der Waals surface area (Å²) >= 11 is 0. The Labute approximate surface area is 191 Å². The number of aryl methyl sites for hydroxylation is 1. The maximum atomic E-state index is 13.9. The molecule has 0 aliphatic carbocycles. The molecule has 2 amide bonds. The normalized spacial score (nSPS) is 16.7. The van der Waals surface area contributed by atoms with Crippen molar-refractivity contribution in [1.82, 2.24) is 9.88 Å². The SMILES string of the molecule is Cc1ccc(C2=C(N3CCN(c4ccccn4)CC3)C(=O)N(c3cccc(F)c3)C2=O)cc1. The van der Waals surface area contributed by atoms with Crippen molar-refractivity contribution < 1.29 is 14.0 Å². The molecule has 0 bridgehead atoms. The Bertz CT molecular complexity index is 1230. The van der Waals surface area contributed by atoms with Crippen LogP contribution in [0.4, 0.5) is 15.9 Å². The molecule has 1 saturated heterocycles. The minimum Gasteiger partial charge on any atom is -0.363 e. The highest BCUT2D eigenvalue weighted by atomic mass is 19.1. The van der Waals surface area contributed by atoms with E-state index >= 15 is 0 Å². The standard InChI is InChI=1S/C26H23FN4O2/c1-18-8-10-19(11-9-18)23-24(26(33)31(25(23)32)21-6-4-5-20(27)17-21)30-15-13-29(14-16-30)22-7-2-3-12-28-22/h2-12,17H,13-16H2,1H3. The third-order valence-corrected chi connectivity index (χ3v) is 6.04. The zero-order valence-corrected chi connectivity index (χ0v) is 18.2. The smallest absolute Gasteiger partial charge is 0.282 e. The summed E-state index contributed by atoms with van der Waals surface area (Å²) < 4.78 is 13.9. The highest BCUT2D eigenvalue weighted by Crippen LogP contribution is 2.35. The van der Waals surface area contributed by atoms with E-state index in [2.05, 4.69) is 9.88 Å². The second-order valence-corrected chi connectivity index (χ2v) is 8.18. The van der Waals surface area contributed by atoms with E-state index in [1.54, 1.807) is 12.3 Å². The van der Waals surface area contributed by atoms with Crippen molar-refractivity contribution in [2.45, 2.75) is 6.92 Å². The highest BCUT2D eigenvalue weighted by Gasteiger charge is 2.43. The largest absolute Gasteiger partial charge is 0.363 e. The van der Waals surface area contributed by atoms with Crippen molar-refractivity contribution >= 4 is 28.9 Å². The summed E-state index contributed by atoms with van der Waals surface area (Å²) in [6, 6.07) is 18.9. The molecule has 2 aliphatic heterocycles. The molecule has 1 aromatic heterocycles. The molecule has 0 saturated carbocycles. The fraction of sp³-hybridized carbons (Fsp3) is 0.192. The Morgan fingerprint density at radius 1 is 0.818 bits per heavy atom. The molecule has 1 fully saturated rings. The lowest BCUT2D eigenvalue weighted by atomic mass is 10.0. The number of halogens is 1. The van der Waals surface area contributed by atoms with Gasteiger partial charge in [0.1, 0.15) is 17.3 Å². The van der Waals surface area contributed by atoms with Crippen molar-refractivity contribution in [1.29, 1.82) is 0 Å². The lowest BCUT2D eigenvalue weighted by molar-refractivity contribution is -0.120. The fourth-order valence-corrected chi connectivity index (χ4v) is 4.34. The highest BCUT2D eigenvalue weighted by molar-refractivity contribution is 6.45. The molecule has 2 aromatic carbocycles. The van der Waals surface area contributed by atoms with E-state index in [-0.39, 0.29) is 5.69 Å². The van der Waals surface area contributed by atoms with E-state index in [0.717, 1.165) is 16.3 Å². The Morgan fingerprint density at radius 2 is 1.55 bits per heavy atom. The Hall–Kier alpha value is -4.00. The molecule has 0 unspecified atom stereocenters. The van der Waals surface area contributed by atoms with Gasteiger partial charge in [0.2, 0.25) is 0 Å². The van der Waals surface area contributed by atoms with Crippen LogP contribution in [0.2, 0.25) is 0 Å². The molecule has 6 nitrogen and oxygen atoms in total. The van der Waals surface area contributed by atoms with Crippen LogP contribution in [0.5, 0.6) is 0 Å². The Balaban J connectivity index is 1.51. The van der Waals surface area contributed by atoms with E-state index in [1.165, 1.54) is 18.2 Å². The first-order valence-electron chi connectivity index (χ1n) is 10.9. The Morgan fingerprint density at radius 3 is 2.21 bits per heavy atom. The van der Waals surface area contributed by atoms with Crippen molar-refractivity contribution in [3.05, 3.63) is 95.6 Å². The molecule has 3 aromatic rings. The van der Waals surface area contributed by atoms with Gasteiger partial charge in [-0.1, -0.05) is 42.0 Å². The number of nitrogens with zero attached hydrogens (tertiary/aromatic N) is 4. The van der Waals surface area contributed by atoms with Gasteiger partial charge in [-0.15, -0.1) is 0 Å². The maximum absolute atomic E-state index is 13.9. The molecule has 7 heteroatoms. The van der Waals surface area contributed by atoms with Gasteiger partial charge in [-0.25, -0.2) is 14.3 Å². The summed E-state index contributed by atoms with van der Waals surface area (Å²) in [4.78, 5) is 36.7. The van der Waals surface area contributed by atoms with E-state index in [9.17, 15) is 14.0 Å². The van der Waals surface area contributed by atoms with Crippen molar-refractivity contribution in [2.75, 3.05) is 36.0 Å². The Kier molecular flexibility index (Phi) is 5.38. The van der Waals surface area contributed by atoms with Crippen LogP contribution in [0, 0.1) is 12.7 Å². The van der Waals surface area contributed by atoms with E-state index in [4.69, 9.17) is 0 Å². The second-order valence-electron chi connectivity index (χ2n) is 8.18. The first-order valence-corrected chi connectivity index (χ1v) is 10.9. The average molecular weight is 442 g/mol. The van der Waals surface area contributed by atoms with Crippen molar-refractivity contribution in [3.8, 4) is 0 Å². The number of carbonyl (C=O) groups is 2. The molecule has 0 N–H and O–H groups in total. The molecule has 2 aliphatic rings. The van der Waals surface area contributed by atoms with E-state index < -0.39 is 17.6 Å². The summed E-state index contributed by atoms with van der Waals surface area (Å²) in [5.74, 6) is -0.466. The topological polar surface area (TPSA) is 56.8 Å². The summed E-state index contributed by atoms with van der Waals surface area (Å²) in [5.41, 5.74) is 2.70. The predicted molar refractivity (Wildman–Crippen MR) is 125 cm³/mol. The number of hydrogen-bond acceptors (Lipinski definition) is 5. The monoisotopic (exact) mass is 442 g/mol. The van der Waals surface area contributed by atoms with Gasteiger partial charge in [0.05, 0.1) is 11.3 Å². The zero-order chi connectivity index (χ0) is 22.9. The number of imide groups is 1. The van der Waals surface area contributed by atoms with Gasteiger partial charge in [-0.2, -0.15) is 0 Å². The van der Waals surface area contributed by atoms with Crippen molar-refractivity contribution in [2.24, 2.45) is 0 Å². The lowest BCUT2D eigenvalue weighted by Crippen LogP contribution is -2.48. The van der Waals surface area contributed by atoms with Crippen molar-refractivity contribution in [3.63, 3.8) is 0 Å². The molecule has 0 atom stereocenters. The lowest BCUT2D eigenvalue weighted by Gasteiger charge is -2.37. The number of carbonyl (C=O) groups excluding carboxylic acids is 2. The summed E-state index contributed by atoms with van der Waals surface area (Å²) in [6.07, 6.45) is 1.76. The van der Waals surface area contributed by atoms with Crippen LogP contribution in [0.1, 0.15) is 11.1 Å². The summed E-state index contributed by atoms with van der Waals surface area (Å²) in [5, 5.41) is 0. The molecule has 5 rings (SSSR count). The maximum Gasteiger partial charge on any atom is 0.282 e. The fourth-order valence-electron chi connectivity index (χ4n) is 4.34. The van der Waals surface area contributed by atoms with E-state index in [1.807, 2.05) is 54.3 Å². The molecule has 0 radical (unpaired) electrons. The third kappa shape index (κ3) is 3.86. The van der Waals surface area contributed by atoms with Crippen LogP contribution < -0.4 is 9.80 Å². The summed E-state index contributed by atoms with van der Waals surface area (Å²) in [6.45, 7) is 4.44. The molecule has 166 valence electrons. The first-order chi connectivity index (χ1) is 16.0. The van der Waals surface area contributed by atoms with Gasteiger partial charge in [0.25, 0.3) is 11.8 Å². The number of pyridine rings is 1. The van der Waals surface area contributed by atoms with Crippen LogP contribution >= 0.6 is 0 Å². The number of piperazine rings is 1. The number of benzene rings is 2.